The van der Waals surface area contributed by atoms with Crippen LogP contribution in [0.15, 0.2) is 11.4 Å². The molecule has 0 spiro atoms. The van der Waals surface area contributed by atoms with Crippen molar-refractivity contribution < 1.29 is 9.53 Å². The lowest BCUT2D eigenvalue weighted by Gasteiger charge is -2.37. The molecule has 1 aromatic rings. The van der Waals surface area contributed by atoms with E-state index in [0.717, 1.165) is 31.6 Å². The van der Waals surface area contributed by atoms with Crippen LogP contribution in [0.4, 0.5) is 4.79 Å². The molecule has 6 heteroatoms. The van der Waals surface area contributed by atoms with Crippen molar-refractivity contribution in [3.05, 3.63) is 17.1 Å². The van der Waals surface area contributed by atoms with Crippen molar-refractivity contribution in [3.63, 3.8) is 0 Å². The quantitative estimate of drug-likeness (QED) is 0.874. The van der Waals surface area contributed by atoms with Gasteiger partial charge in [0.1, 0.15) is 5.60 Å². The minimum atomic E-state index is -0.486. The first-order valence-electron chi connectivity index (χ1n) is 6.54. The van der Waals surface area contributed by atoms with Gasteiger partial charge in [-0.15, -0.1) is 0 Å². The number of hydrogen-bond acceptors (Lipinski definition) is 5. The lowest BCUT2D eigenvalue weighted by atomic mass is 9.85. The highest BCUT2D eigenvalue weighted by Gasteiger charge is 2.38. The van der Waals surface area contributed by atoms with Crippen LogP contribution < -0.4 is 10.6 Å². The van der Waals surface area contributed by atoms with Crippen molar-refractivity contribution in [2.75, 3.05) is 13.1 Å². The van der Waals surface area contributed by atoms with Gasteiger partial charge >= 0.3 is 6.09 Å². The van der Waals surface area contributed by atoms with E-state index in [1.54, 1.807) is 0 Å². The zero-order chi connectivity index (χ0) is 13.9. The van der Waals surface area contributed by atoms with Crippen LogP contribution in [0, 0.1) is 0 Å². The molecule has 0 saturated carbocycles. The van der Waals surface area contributed by atoms with Crippen molar-refractivity contribution in [3.8, 4) is 0 Å². The summed E-state index contributed by atoms with van der Waals surface area (Å²) in [6.07, 6.45) is 1.29. The number of amides is 1. The molecule has 1 aliphatic heterocycles. The van der Waals surface area contributed by atoms with E-state index < -0.39 is 11.1 Å². The molecule has 1 fully saturated rings. The van der Waals surface area contributed by atoms with E-state index in [9.17, 15) is 4.79 Å². The smallest absolute Gasteiger partial charge is 0.408 e. The Kier molecular flexibility index (Phi) is 4.10. The number of aromatic nitrogens is 1. The van der Waals surface area contributed by atoms with Gasteiger partial charge in [-0.2, -0.15) is 4.37 Å². The molecule has 0 aromatic carbocycles. The lowest BCUT2D eigenvalue weighted by Crippen LogP contribution is -2.53. The summed E-state index contributed by atoms with van der Waals surface area (Å²) >= 11 is 1.41. The summed E-state index contributed by atoms with van der Waals surface area (Å²) in [7, 11) is 0. The van der Waals surface area contributed by atoms with E-state index in [2.05, 4.69) is 15.0 Å². The first-order valence-corrected chi connectivity index (χ1v) is 7.38. The minimum Gasteiger partial charge on any atom is -0.444 e. The number of nitrogens with one attached hydrogen (secondary N) is 2. The summed E-state index contributed by atoms with van der Waals surface area (Å²) < 4.78 is 9.77. The first kappa shape index (κ1) is 14.3. The van der Waals surface area contributed by atoms with Crippen molar-refractivity contribution in [2.24, 2.45) is 0 Å². The Morgan fingerprint density at radius 3 is 2.68 bits per heavy atom. The Morgan fingerprint density at radius 1 is 1.47 bits per heavy atom. The number of alkyl carbamates (subject to hydrolysis) is 1. The maximum absolute atomic E-state index is 12.0. The van der Waals surface area contributed by atoms with Crippen molar-refractivity contribution in [2.45, 2.75) is 44.8 Å². The maximum Gasteiger partial charge on any atom is 0.408 e. The van der Waals surface area contributed by atoms with Crippen LogP contribution in [-0.2, 0) is 10.3 Å². The number of carbonyl (C=O) groups excluding carboxylic acids is 1. The molecule has 5 nitrogen and oxygen atoms in total. The highest BCUT2D eigenvalue weighted by atomic mass is 32.1. The molecular formula is C13H21N3O2S. The zero-order valence-electron chi connectivity index (χ0n) is 11.7. The first-order chi connectivity index (χ1) is 8.91. The Hall–Kier alpha value is -1.14. The predicted octanol–water partition coefficient (Wildman–Crippen LogP) is 2.25. The van der Waals surface area contributed by atoms with Gasteiger partial charge in [-0.1, -0.05) is 0 Å². The van der Waals surface area contributed by atoms with Crippen LogP contribution in [0.2, 0.25) is 0 Å². The lowest BCUT2D eigenvalue weighted by molar-refractivity contribution is 0.0423. The molecule has 106 valence electrons. The van der Waals surface area contributed by atoms with Gasteiger partial charge in [0.25, 0.3) is 0 Å². The number of carbonyl (C=O) groups is 1. The second-order valence-corrected chi connectivity index (χ2v) is 6.51. The average Bonchev–Trinajstić information content (AvgIpc) is 2.81. The van der Waals surface area contributed by atoms with E-state index in [0.29, 0.717) is 0 Å². The molecule has 19 heavy (non-hydrogen) atoms. The number of nitrogens with zero attached hydrogens (tertiary/aromatic N) is 1. The number of rotatable bonds is 2. The van der Waals surface area contributed by atoms with Crippen LogP contribution in [0.3, 0.4) is 0 Å². The van der Waals surface area contributed by atoms with Crippen LogP contribution in [0.25, 0.3) is 0 Å². The van der Waals surface area contributed by atoms with Gasteiger partial charge in [-0.25, -0.2) is 4.79 Å². The number of hydrogen-bond donors (Lipinski definition) is 2. The summed E-state index contributed by atoms with van der Waals surface area (Å²) in [5, 5.41) is 8.28. The molecule has 0 atom stereocenters. The number of ether oxygens (including phenoxy) is 1. The van der Waals surface area contributed by atoms with Gasteiger partial charge in [0.2, 0.25) is 0 Å². The van der Waals surface area contributed by atoms with E-state index in [4.69, 9.17) is 4.74 Å². The molecule has 2 heterocycles. The number of piperidine rings is 1. The molecule has 2 N–H and O–H groups in total. The molecule has 1 amide bonds. The monoisotopic (exact) mass is 283 g/mol. The second kappa shape index (κ2) is 5.46. The minimum absolute atomic E-state index is 0.373. The second-order valence-electron chi connectivity index (χ2n) is 5.84. The maximum atomic E-state index is 12.0. The Bertz CT molecular complexity index is 420. The van der Waals surface area contributed by atoms with E-state index >= 15 is 0 Å². The molecular weight excluding hydrogens is 262 g/mol. The van der Waals surface area contributed by atoms with Gasteiger partial charge < -0.3 is 15.4 Å². The molecule has 2 rings (SSSR count). The zero-order valence-corrected chi connectivity index (χ0v) is 12.5. The third-order valence-electron chi connectivity index (χ3n) is 3.13. The standard InChI is InChI=1S/C13H21N3O2S/c1-12(2,3)18-11(17)15-13(5-7-14-8-6-13)10-4-9-19-16-10/h4,9,14H,5-8H2,1-3H3,(H,15,17). The van der Waals surface area contributed by atoms with Gasteiger partial charge in [0.15, 0.2) is 0 Å². The average molecular weight is 283 g/mol. The molecule has 0 unspecified atom stereocenters. The molecule has 1 saturated heterocycles. The van der Waals surface area contributed by atoms with Gasteiger partial charge in [-0.05, 0) is 64.3 Å². The largest absolute Gasteiger partial charge is 0.444 e. The molecule has 0 bridgehead atoms. The van der Waals surface area contributed by atoms with Crippen LogP contribution >= 0.6 is 11.5 Å². The fourth-order valence-electron chi connectivity index (χ4n) is 2.26. The summed E-state index contributed by atoms with van der Waals surface area (Å²) in [6.45, 7) is 7.33. The Balaban J connectivity index is 2.13. The van der Waals surface area contributed by atoms with Crippen molar-refractivity contribution in [1.29, 1.82) is 0 Å². The predicted molar refractivity (Wildman–Crippen MR) is 75.3 cm³/mol. The normalized spacial score (nSPS) is 18.9. The summed E-state index contributed by atoms with van der Waals surface area (Å²) in [4.78, 5) is 12.0. The van der Waals surface area contributed by atoms with E-state index in [1.807, 2.05) is 32.2 Å². The third-order valence-corrected chi connectivity index (χ3v) is 3.69. The van der Waals surface area contributed by atoms with Crippen LogP contribution in [0.5, 0.6) is 0 Å². The van der Waals surface area contributed by atoms with Crippen LogP contribution in [0.1, 0.15) is 39.3 Å². The van der Waals surface area contributed by atoms with Crippen molar-refractivity contribution >= 4 is 17.6 Å². The van der Waals surface area contributed by atoms with Gasteiger partial charge in [0.05, 0.1) is 11.2 Å². The summed E-state index contributed by atoms with van der Waals surface area (Å²) in [6, 6.07) is 1.98. The molecule has 1 aliphatic rings. The Labute approximate surface area is 117 Å². The summed E-state index contributed by atoms with van der Waals surface area (Å²) in [5.41, 5.74) is 0.0540. The molecule has 0 radical (unpaired) electrons. The summed E-state index contributed by atoms with van der Waals surface area (Å²) in [5.74, 6) is 0. The van der Waals surface area contributed by atoms with Crippen LogP contribution in [-0.4, -0.2) is 29.2 Å². The fraction of sp³-hybridized carbons (Fsp3) is 0.692. The molecule has 1 aromatic heterocycles. The van der Waals surface area contributed by atoms with E-state index in [-0.39, 0.29) is 6.09 Å². The van der Waals surface area contributed by atoms with Gasteiger partial charge in [-0.3, -0.25) is 0 Å². The topological polar surface area (TPSA) is 63.2 Å². The fourth-order valence-corrected chi connectivity index (χ4v) is 2.86. The third kappa shape index (κ3) is 3.67. The Morgan fingerprint density at radius 2 is 2.16 bits per heavy atom. The van der Waals surface area contributed by atoms with Crippen molar-refractivity contribution in [1.82, 2.24) is 15.0 Å². The molecule has 0 aliphatic carbocycles. The van der Waals surface area contributed by atoms with Gasteiger partial charge in [0, 0.05) is 5.38 Å². The highest BCUT2D eigenvalue weighted by Crippen LogP contribution is 2.30. The van der Waals surface area contributed by atoms with E-state index in [1.165, 1.54) is 11.5 Å². The SMILES string of the molecule is CC(C)(C)OC(=O)NC1(c2ccsn2)CCNCC1. The highest BCUT2D eigenvalue weighted by molar-refractivity contribution is 7.03.